The number of allylic oxidation sites excluding steroid dienone is 4. The predicted molar refractivity (Wildman–Crippen MR) is 66.4 cm³/mol. The second-order valence-corrected chi connectivity index (χ2v) is 4.68. The van der Waals surface area contributed by atoms with Crippen molar-refractivity contribution in [2.45, 2.75) is 53.9 Å². The second-order valence-electron chi connectivity index (χ2n) is 4.68. The van der Waals surface area contributed by atoms with E-state index in [-0.39, 0.29) is 0 Å². The van der Waals surface area contributed by atoms with Gasteiger partial charge in [0.05, 0.1) is 0 Å². The molecule has 0 aromatic carbocycles. The molecule has 0 bridgehead atoms. The van der Waals surface area contributed by atoms with Gasteiger partial charge in [-0.2, -0.15) is 0 Å². The predicted octanol–water partition coefficient (Wildman–Crippen LogP) is 4.97. The fraction of sp³-hybridized carbons (Fsp3) is 0.714. The van der Waals surface area contributed by atoms with Gasteiger partial charge in [0.25, 0.3) is 0 Å². The van der Waals surface area contributed by atoms with Gasteiger partial charge in [-0.3, -0.25) is 0 Å². The minimum Gasteiger partial charge on any atom is -0.0888 e. The molecule has 0 aromatic rings. The van der Waals surface area contributed by atoms with Gasteiger partial charge in [-0.25, -0.2) is 0 Å². The summed E-state index contributed by atoms with van der Waals surface area (Å²) in [7, 11) is 0. The third-order valence-electron chi connectivity index (χ3n) is 2.23. The van der Waals surface area contributed by atoms with E-state index in [0.29, 0.717) is 5.92 Å². The molecule has 0 amide bonds. The van der Waals surface area contributed by atoms with Crippen LogP contribution in [-0.4, -0.2) is 0 Å². The Morgan fingerprint density at radius 3 is 2.29 bits per heavy atom. The van der Waals surface area contributed by atoms with Crippen LogP contribution < -0.4 is 0 Å². The lowest BCUT2D eigenvalue weighted by atomic mass is 9.96. The van der Waals surface area contributed by atoms with Gasteiger partial charge in [0.1, 0.15) is 0 Å². The van der Waals surface area contributed by atoms with Crippen molar-refractivity contribution in [3.63, 3.8) is 0 Å². The zero-order valence-corrected chi connectivity index (χ0v) is 10.5. The monoisotopic (exact) mass is 194 g/mol. The van der Waals surface area contributed by atoms with E-state index in [9.17, 15) is 0 Å². The van der Waals surface area contributed by atoms with E-state index >= 15 is 0 Å². The highest BCUT2D eigenvalue weighted by Gasteiger charge is 2.01. The molecule has 82 valence electrons. The minimum absolute atomic E-state index is 0.688. The standard InChI is InChI=1S/C14H26/c1-6-7-8-9-13(4)11-14(5)10-12(2)3/h7-8,10,12-13H,6,9,11H2,1-5H3/b8-7+,14-10+. The summed E-state index contributed by atoms with van der Waals surface area (Å²) in [6.07, 6.45) is 10.6. The highest BCUT2D eigenvalue weighted by Crippen LogP contribution is 2.16. The summed E-state index contributed by atoms with van der Waals surface area (Å²) in [4.78, 5) is 0. The third kappa shape index (κ3) is 8.10. The topological polar surface area (TPSA) is 0 Å². The highest BCUT2D eigenvalue weighted by molar-refractivity contribution is 5.01. The normalized spacial score (nSPS) is 15.4. The van der Waals surface area contributed by atoms with Crippen molar-refractivity contribution in [1.82, 2.24) is 0 Å². The van der Waals surface area contributed by atoms with Crippen molar-refractivity contribution in [1.29, 1.82) is 0 Å². The minimum atomic E-state index is 0.688. The van der Waals surface area contributed by atoms with Crippen LogP contribution in [0.15, 0.2) is 23.8 Å². The van der Waals surface area contributed by atoms with Crippen LogP contribution in [0, 0.1) is 11.8 Å². The van der Waals surface area contributed by atoms with Gasteiger partial charge in [0, 0.05) is 0 Å². The molecule has 0 fully saturated rings. The maximum absolute atomic E-state index is 2.38. The first-order valence-corrected chi connectivity index (χ1v) is 5.88. The van der Waals surface area contributed by atoms with E-state index in [1.54, 1.807) is 0 Å². The Morgan fingerprint density at radius 2 is 1.79 bits per heavy atom. The molecule has 0 nitrogen and oxygen atoms in total. The molecule has 0 heteroatoms. The zero-order valence-electron chi connectivity index (χ0n) is 10.5. The molecule has 0 N–H and O–H groups in total. The molecular weight excluding hydrogens is 168 g/mol. The lowest BCUT2D eigenvalue weighted by molar-refractivity contribution is 0.581. The molecule has 0 saturated heterocycles. The van der Waals surface area contributed by atoms with Crippen LogP contribution in [0.1, 0.15) is 53.9 Å². The van der Waals surface area contributed by atoms with Gasteiger partial charge in [0.2, 0.25) is 0 Å². The maximum atomic E-state index is 2.38. The second kappa shape index (κ2) is 7.84. The summed E-state index contributed by atoms with van der Waals surface area (Å²) in [5.41, 5.74) is 1.54. The van der Waals surface area contributed by atoms with E-state index in [1.807, 2.05) is 0 Å². The van der Waals surface area contributed by atoms with E-state index < -0.39 is 0 Å². The summed E-state index contributed by atoms with van der Waals surface area (Å²) in [6, 6.07) is 0. The molecule has 0 saturated carbocycles. The first-order chi connectivity index (χ1) is 6.56. The van der Waals surface area contributed by atoms with Gasteiger partial charge in [-0.15, -0.1) is 0 Å². The van der Waals surface area contributed by atoms with Gasteiger partial charge in [-0.05, 0) is 38.0 Å². The Kier molecular flexibility index (Phi) is 7.55. The summed E-state index contributed by atoms with van der Waals surface area (Å²) in [6.45, 7) is 11.2. The molecule has 1 unspecified atom stereocenters. The SMILES string of the molecule is CC/C=C/CC(C)C/C(C)=C/C(C)C. The quantitative estimate of drug-likeness (QED) is 0.524. The van der Waals surface area contributed by atoms with E-state index in [0.717, 1.165) is 12.3 Å². The van der Waals surface area contributed by atoms with Crippen LogP contribution in [0.3, 0.4) is 0 Å². The van der Waals surface area contributed by atoms with Crippen molar-refractivity contribution < 1.29 is 0 Å². The smallest absolute Gasteiger partial charge is 0.0288 e. The van der Waals surface area contributed by atoms with Crippen LogP contribution in [0.4, 0.5) is 0 Å². The van der Waals surface area contributed by atoms with Crippen molar-refractivity contribution >= 4 is 0 Å². The largest absolute Gasteiger partial charge is 0.0888 e. The van der Waals surface area contributed by atoms with Crippen molar-refractivity contribution in [3.05, 3.63) is 23.8 Å². The molecule has 0 aromatic heterocycles. The fourth-order valence-corrected chi connectivity index (χ4v) is 1.77. The Balaban J connectivity index is 3.81. The van der Waals surface area contributed by atoms with Crippen LogP contribution in [0.5, 0.6) is 0 Å². The molecule has 0 spiro atoms. The first-order valence-electron chi connectivity index (χ1n) is 5.88. The number of hydrogen-bond donors (Lipinski definition) is 0. The van der Waals surface area contributed by atoms with Crippen molar-refractivity contribution in [2.75, 3.05) is 0 Å². The van der Waals surface area contributed by atoms with Crippen LogP contribution in [0.2, 0.25) is 0 Å². The molecule has 0 aliphatic rings. The summed E-state index contributed by atoms with van der Waals surface area (Å²) >= 11 is 0. The van der Waals surface area contributed by atoms with Crippen LogP contribution >= 0.6 is 0 Å². The average molecular weight is 194 g/mol. The van der Waals surface area contributed by atoms with Gasteiger partial charge < -0.3 is 0 Å². The molecular formula is C14H26. The maximum Gasteiger partial charge on any atom is -0.0288 e. The zero-order chi connectivity index (χ0) is 11.0. The third-order valence-corrected chi connectivity index (χ3v) is 2.23. The summed E-state index contributed by atoms with van der Waals surface area (Å²) in [5, 5.41) is 0. The molecule has 0 radical (unpaired) electrons. The Morgan fingerprint density at radius 1 is 1.14 bits per heavy atom. The Bertz CT molecular complexity index is 184. The van der Waals surface area contributed by atoms with Crippen LogP contribution in [-0.2, 0) is 0 Å². The van der Waals surface area contributed by atoms with E-state index in [1.165, 1.54) is 18.4 Å². The number of rotatable bonds is 6. The molecule has 0 aliphatic heterocycles. The Labute approximate surface area is 90.1 Å². The van der Waals surface area contributed by atoms with Gasteiger partial charge in [0.15, 0.2) is 0 Å². The first kappa shape index (κ1) is 13.5. The summed E-state index contributed by atoms with van der Waals surface area (Å²) in [5.74, 6) is 1.47. The van der Waals surface area contributed by atoms with Crippen molar-refractivity contribution in [2.24, 2.45) is 11.8 Å². The summed E-state index contributed by atoms with van der Waals surface area (Å²) < 4.78 is 0. The average Bonchev–Trinajstić information content (AvgIpc) is 2.02. The lowest BCUT2D eigenvalue weighted by Gasteiger charge is -2.09. The molecule has 14 heavy (non-hydrogen) atoms. The van der Waals surface area contributed by atoms with Gasteiger partial charge in [-0.1, -0.05) is 51.5 Å². The molecule has 0 rings (SSSR count). The fourth-order valence-electron chi connectivity index (χ4n) is 1.77. The number of hydrogen-bond acceptors (Lipinski definition) is 0. The Hall–Kier alpha value is -0.520. The molecule has 0 heterocycles. The van der Waals surface area contributed by atoms with Crippen molar-refractivity contribution in [3.8, 4) is 0 Å². The lowest BCUT2D eigenvalue weighted by Crippen LogP contribution is -1.95. The molecule has 0 aliphatic carbocycles. The highest BCUT2D eigenvalue weighted by atomic mass is 14.1. The molecule has 1 atom stereocenters. The van der Waals surface area contributed by atoms with Gasteiger partial charge >= 0.3 is 0 Å². The van der Waals surface area contributed by atoms with E-state index in [2.05, 4.69) is 52.8 Å². The van der Waals surface area contributed by atoms with E-state index in [4.69, 9.17) is 0 Å². The van der Waals surface area contributed by atoms with Crippen LogP contribution in [0.25, 0.3) is 0 Å².